The van der Waals surface area contributed by atoms with Crippen LogP contribution in [0.2, 0.25) is 0 Å². The summed E-state index contributed by atoms with van der Waals surface area (Å²) in [5, 5.41) is 0. The largest absolute Gasteiger partial charge is 0.393 e. The first-order chi connectivity index (χ1) is 9.24. The van der Waals surface area contributed by atoms with E-state index in [0.717, 1.165) is 13.1 Å². The second kappa shape index (κ2) is 5.81. The van der Waals surface area contributed by atoms with Crippen molar-refractivity contribution < 1.29 is 0 Å². The average Bonchev–Trinajstić information content (AvgIpc) is 2.83. The number of likely N-dealkylation sites (tertiary alicyclic amines) is 1. The van der Waals surface area contributed by atoms with E-state index >= 15 is 0 Å². The highest BCUT2D eigenvalue weighted by atomic mass is 32.2. The summed E-state index contributed by atoms with van der Waals surface area (Å²) in [6.45, 7) is 3.41. The number of benzene rings is 1. The first kappa shape index (κ1) is 13.4. The topological polar surface area (TPSA) is 29.3 Å². The zero-order valence-corrected chi connectivity index (χ0v) is 12.7. The van der Waals surface area contributed by atoms with Crippen LogP contribution in [0, 0.1) is 5.92 Å². The molecule has 0 amide bonds. The SMILES string of the molecule is NC(=S)C1CCCN(CC2CSc3ccccc32)C1. The molecule has 0 bridgehead atoms. The molecular weight excluding hydrogens is 272 g/mol. The minimum atomic E-state index is 0.424. The molecule has 0 saturated carbocycles. The second-order valence-corrected chi connectivity index (χ2v) is 7.08. The van der Waals surface area contributed by atoms with Crippen LogP contribution in [0.4, 0.5) is 0 Å². The maximum absolute atomic E-state index is 5.81. The number of rotatable bonds is 3. The molecule has 1 aromatic carbocycles. The molecule has 0 spiro atoms. The third-order valence-corrected chi connectivity index (χ3v) is 5.77. The van der Waals surface area contributed by atoms with Gasteiger partial charge in [0.2, 0.25) is 0 Å². The Morgan fingerprint density at radius 1 is 1.42 bits per heavy atom. The summed E-state index contributed by atoms with van der Waals surface area (Å²) >= 11 is 7.16. The van der Waals surface area contributed by atoms with Crippen LogP contribution in [0.25, 0.3) is 0 Å². The summed E-state index contributed by atoms with van der Waals surface area (Å²) in [5.41, 5.74) is 7.35. The van der Waals surface area contributed by atoms with Crippen LogP contribution in [0.5, 0.6) is 0 Å². The lowest BCUT2D eigenvalue weighted by atomic mass is 9.95. The third-order valence-electron chi connectivity index (χ3n) is 4.19. The van der Waals surface area contributed by atoms with Gasteiger partial charge in [-0.2, -0.15) is 0 Å². The van der Waals surface area contributed by atoms with Crippen LogP contribution < -0.4 is 5.73 Å². The minimum Gasteiger partial charge on any atom is -0.393 e. The summed E-state index contributed by atoms with van der Waals surface area (Å²) in [6, 6.07) is 8.83. The Kier molecular flexibility index (Phi) is 4.10. The predicted molar refractivity (Wildman–Crippen MR) is 85.9 cm³/mol. The van der Waals surface area contributed by atoms with Gasteiger partial charge >= 0.3 is 0 Å². The Morgan fingerprint density at radius 3 is 3.11 bits per heavy atom. The summed E-state index contributed by atoms with van der Waals surface area (Å²) in [7, 11) is 0. The van der Waals surface area contributed by atoms with Crippen LogP contribution in [-0.2, 0) is 0 Å². The van der Waals surface area contributed by atoms with Gasteiger partial charge in [0.1, 0.15) is 0 Å². The highest BCUT2D eigenvalue weighted by Crippen LogP contribution is 2.39. The van der Waals surface area contributed by atoms with E-state index in [0.29, 0.717) is 16.8 Å². The first-order valence-corrected chi connectivity index (χ1v) is 8.37. The number of thioether (sulfide) groups is 1. The number of fused-ring (bicyclic) bond motifs is 1. The number of piperidine rings is 1. The van der Waals surface area contributed by atoms with Crippen LogP contribution in [0.1, 0.15) is 24.3 Å². The molecule has 2 atom stereocenters. The molecule has 0 aliphatic carbocycles. The number of thiocarbonyl (C=S) groups is 1. The van der Waals surface area contributed by atoms with Gasteiger partial charge in [0, 0.05) is 35.6 Å². The second-order valence-electron chi connectivity index (χ2n) is 5.55. The van der Waals surface area contributed by atoms with Crippen molar-refractivity contribution in [2.24, 2.45) is 11.7 Å². The molecule has 2 heterocycles. The van der Waals surface area contributed by atoms with E-state index in [1.165, 1.54) is 35.6 Å². The van der Waals surface area contributed by atoms with Gasteiger partial charge in [-0.05, 0) is 31.0 Å². The summed E-state index contributed by atoms with van der Waals surface area (Å²) < 4.78 is 0. The number of hydrogen-bond acceptors (Lipinski definition) is 3. The molecule has 4 heteroatoms. The minimum absolute atomic E-state index is 0.424. The predicted octanol–water partition coefficient (Wildman–Crippen LogP) is 2.87. The third kappa shape index (κ3) is 2.96. The summed E-state index contributed by atoms with van der Waals surface area (Å²) in [4.78, 5) is 4.72. The van der Waals surface area contributed by atoms with Crippen molar-refractivity contribution in [1.29, 1.82) is 0 Å². The van der Waals surface area contributed by atoms with Gasteiger partial charge < -0.3 is 10.6 Å². The lowest BCUT2D eigenvalue weighted by molar-refractivity contribution is 0.197. The summed E-state index contributed by atoms with van der Waals surface area (Å²) in [5.74, 6) is 2.31. The molecule has 19 heavy (non-hydrogen) atoms. The van der Waals surface area contributed by atoms with Crippen LogP contribution in [0.3, 0.4) is 0 Å². The van der Waals surface area contributed by atoms with Crippen molar-refractivity contribution in [1.82, 2.24) is 4.90 Å². The van der Waals surface area contributed by atoms with Gasteiger partial charge in [0.15, 0.2) is 0 Å². The van der Waals surface area contributed by atoms with E-state index in [9.17, 15) is 0 Å². The molecular formula is C15H20N2S2. The highest BCUT2D eigenvalue weighted by Gasteiger charge is 2.28. The fourth-order valence-electron chi connectivity index (χ4n) is 3.15. The molecule has 2 aliphatic heterocycles. The standard InChI is InChI=1S/C15H20N2S2/c16-15(18)11-4-3-7-17(8-11)9-12-10-19-14-6-2-1-5-13(12)14/h1-2,5-6,11-12H,3-4,7-10H2,(H2,16,18). The zero-order chi connectivity index (χ0) is 13.2. The number of nitrogens with two attached hydrogens (primary N) is 1. The highest BCUT2D eigenvalue weighted by molar-refractivity contribution is 7.99. The Balaban J connectivity index is 1.65. The first-order valence-electron chi connectivity index (χ1n) is 6.97. The van der Waals surface area contributed by atoms with E-state index < -0.39 is 0 Å². The fourth-order valence-corrected chi connectivity index (χ4v) is 4.58. The Bertz CT molecular complexity index is 475. The average molecular weight is 292 g/mol. The number of hydrogen-bond donors (Lipinski definition) is 1. The van der Waals surface area contributed by atoms with Crippen LogP contribution in [-0.4, -0.2) is 35.3 Å². The Morgan fingerprint density at radius 2 is 2.26 bits per heavy atom. The van der Waals surface area contributed by atoms with Crippen LogP contribution in [0.15, 0.2) is 29.2 Å². The number of nitrogens with zero attached hydrogens (tertiary/aromatic N) is 1. The molecule has 0 radical (unpaired) electrons. The van der Waals surface area contributed by atoms with Crippen molar-refractivity contribution in [2.45, 2.75) is 23.7 Å². The quantitative estimate of drug-likeness (QED) is 0.868. The molecule has 102 valence electrons. The van der Waals surface area contributed by atoms with Crippen molar-refractivity contribution in [3.63, 3.8) is 0 Å². The molecule has 1 fully saturated rings. The van der Waals surface area contributed by atoms with E-state index in [1.54, 1.807) is 0 Å². The lowest BCUT2D eigenvalue weighted by Crippen LogP contribution is -2.42. The molecule has 2 nitrogen and oxygen atoms in total. The molecule has 2 unspecified atom stereocenters. The van der Waals surface area contributed by atoms with E-state index in [4.69, 9.17) is 18.0 Å². The van der Waals surface area contributed by atoms with E-state index in [-0.39, 0.29) is 0 Å². The lowest BCUT2D eigenvalue weighted by Gasteiger charge is -2.33. The van der Waals surface area contributed by atoms with Gasteiger partial charge in [-0.25, -0.2) is 0 Å². The van der Waals surface area contributed by atoms with Crippen molar-refractivity contribution in [3.8, 4) is 0 Å². The molecule has 2 N–H and O–H groups in total. The van der Waals surface area contributed by atoms with Crippen molar-refractivity contribution in [2.75, 3.05) is 25.4 Å². The summed E-state index contributed by atoms with van der Waals surface area (Å²) in [6.07, 6.45) is 2.39. The van der Waals surface area contributed by atoms with Gasteiger partial charge in [-0.1, -0.05) is 30.4 Å². The monoisotopic (exact) mass is 292 g/mol. The maximum Gasteiger partial charge on any atom is 0.0771 e. The van der Waals surface area contributed by atoms with Gasteiger partial charge in [0.25, 0.3) is 0 Å². The fraction of sp³-hybridized carbons (Fsp3) is 0.533. The van der Waals surface area contributed by atoms with E-state index in [2.05, 4.69) is 29.2 Å². The van der Waals surface area contributed by atoms with Crippen molar-refractivity contribution >= 4 is 29.0 Å². The van der Waals surface area contributed by atoms with Gasteiger partial charge in [0.05, 0.1) is 4.99 Å². The Labute approximate surface area is 124 Å². The smallest absolute Gasteiger partial charge is 0.0771 e. The van der Waals surface area contributed by atoms with Gasteiger partial charge in [-0.3, -0.25) is 0 Å². The molecule has 0 aromatic heterocycles. The molecule has 1 saturated heterocycles. The Hall–Kier alpha value is -0.580. The molecule has 3 rings (SSSR count). The van der Waals surface area contributed by atoms with Crippen molar-refractivity contribution in [3.05, 3.63) is 29.8 Å². The zero-order valence-electron chi connectivity index (χ0n) is 11.0. The normalized spacial score (nSPS) is 27.2. The van der Waals surface area contributed by atoms with Crippen LogP contribution >= 0.6 is 24.0 Å². The maximum atomic E-state index is 5.81. The molecule has 2 aliphatic rings. The molecule has 1 aromatic rings. The van der Waals surface area contributed by atoms with Gasteiger partial charge in [-0.15, -0.1) is 11.8 Å². The van der Waals surface area contributed by atoms with E-state index in [1.807, 2.05) is 11.8 Å².